The van der Waals surface area contributed by atoms with Gasteiger partial charge in [-0.2, -0.15) is 0 Å². The van der Waals surface area contributed by atoms with E-state index >= 15 is 0 Å². The molecular formula is C18H18NO3. The first-order valence-corrected chi connectivity index (χ1v) is 7.38. The van der Waals surface area contributed by atoms with Gasteiger partial charge in [0.1, 0.15) is 11.5 Å². The number of rotatable bonds is 3. The second-order valence-electron chi connectivity index (χ2n) is 5.67. The van der Waals surface area contributed by atoms with Crippen LogP contribution in [0.15, 0.2) is 42.5 Å². The van der Waals surface area contributed by atoms with Crippen LogP contribution >= 0.6 is 0 Å². The molecule has 1 saturated heterocycles. The Morgan fingerprint density at radius 3 is 2.82 bits per heavy atom. The van der Waals surface area contributed by atoms with E-state index in [1.165, 1.54) is 6.07 Å². The molecule has 0 saturated carbocycles. The summed E-state index contributed by atoms with van der Waals surface area (Å²) < 4.78 is 0. The van der Waals surface area contributed by atoms with E-state index in [0.717, 1.165) is 12.1 Å². The van der Waals surface area contributed by atoms with E-state index in [0.29, 0.717) is 18.5 Å². The number of aromatic hydroxyl groups is 2. The molecule has 113 valence electrons. The van der Waals surface area contributed by atoms with Gasteiger partial charge in [0, 0.05) is 36.1 Å². The van der Waals surface area contributed by atoms with Gasteiger partial charge >= 0.3 is 0 Å². The van der Waals surface area contributed by atoms with Gasteiger partial charge in [-0.15, -0.1) is 0 Å². The Labute approximate surface area is 129 Å². The molecule has 4 heteroatoms. The van der Waals surface area contributed by atoms with Crippen LogP contribution in [0.2, 0.25) is 0 Å². The van der Waals surface area contributed by atoms with Crippen LogP contribution in [-0.4, -0.2) is 29.1 Å². The van der Waals surface area contributed by atoms with E-state index in [1.807, 2.05) is 0 Å². The average molecular weight is 296 g/mol. The molecule has 1 aliphatic heterocycles. The number of hydrogen-bond donors (Lipinski definition) is 3. The minimum Gasteiger partial charge on any atom is -0.508 e. The maximum absolute atomic E-state index is 12.6. The Balaban J connectivity index is 1.78. The van der Waals surface area contributed by atoms with E-state index in [4.69, 9.17) is 0 Å². The normalized spacial score (nSPS) is 21.5. The molecule has 0 aromatic heterocycles. The number of ketones is 1. The third-order valence-corrected chi connectivity index (χ3v) is 4.13. The lowest BCUT2D eigenvalue weighted by Gasteiger charge is -2.29. The van der Waals surface area contributed by atoms with Gasteiger partial charge in [-0.1, -0.05) is 24.3 Å². The predicted molar refractivity (Wildman–Crippen MR) is 83.1 cm³/mol. The van der Waals surface area contributed by atoms with Gasteiger partial charge in [0.05, 0.1) is 0 Å². The van der Waals surface area contributed by atoms with Crippen molar-refractivity contribution in [2.75, 3.05) is 13.1 Å². The molecule has 1 heterocycles. The van der Waals surface area contributed by atoms with Crippen molar-refractivity contribution in [2.24, 2.45) is 5.92 Å². The van der Waals surface area contributed by atoms with Gasteiger partial charge in [0.25, 0.3) is 0 Å². The molecule has 1 aliphatic rings. The largest absolute Gasteiger partial charge is 0.508 e. The number of phenolic OH excluding ortho intramolecular Hbond substituents is 2. The summed E-state index contributed by atoms with van der Waals surface area (Å²) in [5.41, 5.74) is 1.28. The number of carbonyl (C=O) groups is 1. The van der Waals surface area contributed by atoms with Crippen LogP contribution in [0, 0.1) is 12.0 Å². The lowest BCUT2D eigenvalue weighted by molar-refractivity contribution is 0.0891. The van der Waals surface area contributed by atoms with Crippen molar-refractivity contribution in [3.05, 3.63) is 59.7 Å². The lowest BCUT2D eigenvalue weighted by Crippen LogP contribution is -2.38. The van der Waals surface area contributed by atoms with Crippen molar-refractivity contribution in [1.82, 2.24) is 5.32 Å². The zero-order valence-electron chi connectivity index (χ0n) is 12.1. The SMILES string of the molecule is O=C(c1cccc(O)c1)C1CNCC(c2[c]cccc2O)C1. The highest BCUT2D eigenvalue weighted by Gasteiger charge is 2.29. The van der Waals surface area contributed by atoms with Gasteiger partial charge in [0.15, 0.2) is 5.78 Å². The number of benzene rings is 2. The molecule has 4 nitrogen and oxygen atoms in total. The van der Waals surface area contributed by atoms with Gasteiger partial charge in [-0.05, 0) is 30.7 Å². The Hall–Kier alpha value is -2.33. The number of hydrogen-bond acceptors (Lipinski definition) is 4. The first kappa shape index (κ1) is 14.6. The highest BCUT2D eigenvalue weighted by atomic mass is 16.3. The smallest absolute Gasteiger partial charge is 0.167 e. The molecule has 0 aliphatic carbocycles. The van der Waals surface area contributed by atoms with Crippen molar-refractivity contribution >= 4 is 5.78 Å². The second-order valence-corrected chi connectivity index (χ2v) is 5.67. The summed E-state index contributed by atoms with van der Waals surface area (Å²) >= 11 is 0. The highest BCUT2D eigenvalue weighted by molar-refractivity contribution is 5.98. The number of carbonyl (C=O) groups excluding carboxylic acids is 1. The Morgan fingerprint density at radius 2 is 2.05 bits per heavy atom. The van der Waals surface area contributed by atoms with Crippen molar-refractivity contribution in [1.29, 1.82) is 0 Å². The Morgan fingerprint density at radius 1 is 1.18 bits per heavy atom. The van der Waals surface area contributed by atoms with Crippen LogP contribution in [0.25, 0.3) is 0 Å². The quantitative estimate of drug-likeness (QED) is 0.761. The predicted octanol–water partition coefficient (Wildman–Crippen LogP) is 2.47. The summed E-state index contributed by atoms with van der Waals surface area (Å²) in [4.78, 5) is 12.6. The highest BCUT2D eigenvalue weighted by Crippen LogP contribution is 2.33. The standard InChI is InChI=1S/C18H18NO3/c20-15-5-3-4-12(9-15)18(22)14-8-13(10-19-11-14)16-6-1-2-7-17(16)21/h1-5,7,9,13-14,19-21H,8,10-11H2. The number of Topliss-reactive ketones (excluding diaryl/α,β-unsaturated/α-hetero) is 1. The Bertz CT molecular complexity index is 684. The molecule has 2 aromatic carbocycles. The molecule has 1 radical (unpaired) electrons. The minimum absolute atomic E-state index is 0.0171. The van der Waals surface area contributed by atoms with Crippen LogP contribution in [0.5, 0.6) is 11.5 Å². The van der Waals surface area contributed by atoms with Crippen molar-refractivity contribution in [3.63, 3.8) is 0 Å². The number of nitrogens with one attached hydrogen (secondary N) is 1. The van der Waals surface area contributed by atoms with E-state index < -0.39 is 0 Å². The van der Waals surface area contributed by atoms with Gasteiger partial charge < -0.3 is 15.5 Å². The molecular weight excluding hydrogens is 278 g/mol. The van der Waals surface area contributed by atoms with Crippen LogP contribution in [0.3, 0.4) is 0 Å². The molecule has 0 amide bonds. The van der Waals surface area contributed by atoms with Crippen LogP contribution in [0.1, 0.15) is 28.3 Å². The minimum atomic E-state index is -0.173. The maximum atomic E-state index is 12.6. The fourth-order valence-electron chi connectivity index (χ4n) is 3.02. The summed E-state index contributed by atoms with van der Waals surface area (Å²) in [7, 11) is 0. The first-order valence-electron chi connectivity index (χ1n) is 7.38. The zero-order valence-corrected chi connectivity index (χ0v) is 12.1. The van der Waals surface area contributed by atoms with Crippen molar-refractivity contribution in [2.45, 2.75) is 12.3 Å². The van der Waals surface area contributed by atoms with Gasteiger partial charge in [0.2, 0.25) is 0 Å². The summed E-state index contributed by atoms with van der Waals surface area (Å²) in [5.74, 6) is 0.221. The fraction of sp³-hybridized carbons (Fsp3) is 0.278. The van der Waals surface area contributed by atoms with Crippen LogP contribution in [-0.2, 0) is 0 Å². The summed E-state index contributed by atoms with van der Waals surface area (Å²) in [6.45, 7) is 1.33. The zero-order chi connectivity index (χ0) is 15.5. The van der Waals surface area contributed by atoms with E-state index in [1.54, 1.807) is 36.4 Å². The van der Waals surface area contributed by atoms with Gasteiger partial charge in [-0.3, -0.25) is 4.79 Å². The summed E-state index contributed by atoms with van der Waals surface area (Å²) in [6.07, 6.45) is 0.662. The molecule has 22 heavy (non-hydrogen) atoms. The van der Waals surface area contributed by atoms with E-state index in [-0.39, 0.29) is 29.1 Å². The number of phenols is 2. The molecule has 0 bridgehead atoms. The van der Waals surface area contributed by atoms with Crippen LogP contribution in [0.4, 0.5) is 0 Å². The van der Waals surface area contributed by atoms with E-state index in [2.05, 4.69) is 11.4 Å². The lowest BCUT2D eigenvalue weighted by atomic mass is 9.81. The monoisotopic (exact) mass is 296 g/mol. The molecule has 3 rings (SSSR count). The summed E-state index contributed by atoms with van der Waals surface area (Å²) in [6, 6.07) is 14.7. The van der Waals surface area contributed by atoms with Crippen LogP contribution < -0.4 is 5.32 Å². The molecule has 3 N–H and O–H groups in total. The Kier molecular flexibility index (Phi) is 4.11. The first-order chi connectivity index (χ1) is 10.6. The average Bonchev–Trinajstić information content (AvgIpc) is 2.55. The molecule has 2 aromatic rings. The molecule has 2 atom stereocenters. The molecule has 2 unspecified atom stereocenters. The van der Waals surface area contributed by atoms with Crippen molar-refractivity contribution in [3.8, 4) is 11.5 Å². The fourth-order valence-corrected chi connectivity index (χ4v) is 3.02. The maximum Gasteiger partial charge on any atom is 0.167 e. The van der Waals surface area contributed by atoms with E-state index in [9.17, 15) is 15.0 Å². The molecule has 0 spiro atoms. The second kappa shape index (κ2) is 6.20. The third-order valence-electron chi connectivity index (χ3n) is 4.13. The number of piperidine rings is 1. The summed E-state index contributed by atoms with van der Waals surface area (Å²) in [5, 5.41) is 22.7. The van der Waals surface area contributed by atoms with Crippen molar-refractivity contribution < 1.29 is 15.0 Å². The topological polar surface area (TPSA) is 69.6 Å². The third kappa shape index (κ3) is 2.97. The van der Waals surface area contributed by atoms with Gasteiger partial charge in [-0.25, -0.2) is 0 Å². The molecule has 1 fully saturated rings.